The number of hydrogen-bond acceptors (Lipinski definition) is 2. The average molecular weight is 184 g/mol. The second-order valence-electron chi connectivity index (χ2n) is 4.22. The fraction of sp³-hybridized carbons (Fsp3) is 0.778. The highest BCUT2D eigenvalue weighted by molar-refractivity contribution is 6.34. The van der Waals surface area contributed by atoms with Crippen LogP contribution in [0.5, 0.6) is 0 Å². The Kier molecular flexibility index (Phi) is 2.59. The summed E-state index contributed by atoms with van der Waals surface area (Å²) >= 11 is 0. The first-order valence-corrected chi connectivity index (χ1v) is 4.47. The van der Waals surface area contributed by atoms with Crippen LogP contribution in [-0.4, -0.2) is 36.9 Å². The number of nitrogens with one attached hydrogen (secondary N) is 1. The number of hydrogen-bond donors (Lipinski definition) is 1. The highest BCUT2D eigenvalue weighted by Gasteiger charge is 2.34. The van der Waals surface area contributed by atoms with Crippen LogP contribution < -0.4 is 5.32 Å². The molecule has 1 rings (SSSR count). The molecule has 1 heterocycles. The van der Waals surface area contributed by atoms with Crippen LogP contribution >= 0.6 is 0 Å². The van der Waals surface area contributed by atoms with Crippen LogP contribution in [-0.2, 0) is 9.59 Å². The Hall–Kier alpha value is -1.06. The van der Waals surface area contributed by atoms with Crippen molar-refractivity contribution in [3.05, 3.63) is 0 Å². The van der Waals surface area contributed by atoms with Gasteiger partial charge in [0, 0.05) is 20.1 Å². The number of carbonyl (C=O) groups is 2. The number of likely N-dealkylation sites (tertiary alicyclic amines) is 1. The summed E-state index contributed by atoms with van der Waals surface area (Å²) in [7, 11) is 1.47. The van der Waals surface area contributed by atoms with Crippen LogP contribution in [0.25, 0.3) is 0 Å². The van der Waals surface area contributed by atoms with E-state index in [1.165, 1.54) is 7.05 Å². The Morgan fingerprint density at radius 1 is 1.38 bits per heavy atom. The van der Waals surface area contributed by atoms with E-state index >= 15 is 0 Å². The van der Waals surface area contributed by atoms with Gasteiger partial charge in [0.25, 0.3) is 0 Å². The van der Waals surface area contributed by atoms with Gasteiger partial charge in [0.05, 0.1) is 0 Å². The van der Waals surface area contributed by atoms with Gasteiger partial charge in [-0.25, -0.2) is 0 Å². The van der Waals surface area contributed by atoms with Crippen molar-refractivity contribution in [3.63, 3.8) is 0 Å². The van der Waals surface area contributed by atoms with Gasteiger partial charge in [-0.05, 0) is 11.8 Å². The van der Waals surface area contributed by atoms with Crippen molar-refractivity contribution in [1.29, 1.82) is 0 Å². The van der Waals surface area contributed by atoms with Gasteiger partial charge in [-0.1, -0.05) is 13.8 Å². The normalized spacial score (nSPS) is 20.1. The van der Waals surface area contributed by atoms with Crippen LogP contribution in [0.4, 0.5) is 0 Å². The third kappa shape index (κ3) is 2.20. The molecule has 0 spiro atoms. The fourth-order valence-electron chi connectivity index (χ4n) is 1.54. The van der Waals surface area contributed by atoms with E-state index in [4.69, 9.17) is 0 Å². The van der Waals surface area contributed by atoms with Gasteiger partial charge < -0.3 is 10.2 Å². The Morgan fingerprint density at radius 2 is 2.00 bits per heavy atom. The summed E-state index contributed by atoms with van der Waals surface area (Å²) in [6, 6.07) is 0. The molecule has 0 bridgehead atoms. The topological polar surface area (TPSA) is 49.4 Å². The van der Waals surface area contributed by atoms with Gasteiger partial charge >= 0.3 is 11.8 Å². The number of carbonyl (C=O) groups excluding carboxylic acids is 2. The van der Waals surface area contributed by atoms with Crippen LogP contribution in [0.1, 0.15) is 20.3 Å². The van der Waals surface area contributed by atoms with E-state index in [0.29, 0.717) is 13.1 Å². The van der Waals surface area contributed by atoms with Crippen molar-refractivity contribution in [2.45, 2.75) is 20.3 Å². The first-order valence-electron chi connectivity index (χ1n) is 4.47. The molecule has 0 unspecified atom stereocenters. The molecule has 1 N–H and O–H groups in total. The molecule has 74 valence electrons. The zero-order valence-electron chi connectivity index (χ0n) is 8.39. The predicted molar refractivity (Wildman–Crippen MR) is 49.0 cm³/mol. The zero-order valence-corrected chi connectivity index (χ0v) is 8.39. The lowest BCUT2D eigenvalue weighted by molar-refractivity contribution is -0.145. The summed E-state index contributed by atoms with van der Waals surface area (Å²) in [5, 5.41) is 2.34. The lowest BCUT2D eigenvalue weighted by Gasteiger charge is -2.18. The minimum Gasteiger partial charge on any atom is -0.351 e. The van der Waals surface area contributed by atoms with E-state index in [1.807, 2.05) is 0 Å². The SMILES string of the molecule is CNC(=O)C(=O)N1CCC(C)(C)C1. The molecule has 0 aromatic rings. The Morgan fingerprint density at radius 3 is 2.38 bits per heavy atom. The Bertz CT molecular complexity index is 236. The monoisotopic (exact) mass is 184 g/mol. The van der Waals surface area contributed by atoms with Crippen LogP contribution in [0.2, 0.25) is 0 Å². The van der Waals surface area contributed by atoms with Crippen LogP contribution in [0, 0.1) is 5.41 Å². The third-order valence-electron chi connectivity index (χ3n) is 2.39. The van der Waals surface area contributed by atoms with Gasteiger partial charge in [0.1, 0.15) is 0 Å². The fourth-order valence-corrected chi connectivity index (χ4v) is 1.54. The Balaban J connectivity index is 2.57. The van der Waals surface area contributed by atoms with E-state index in [1.54, 1.807) is 4.90 Å². The summed E-state index contributed by atoms with van der Waals surface area (Å²) in [6.07, 6.45) is 0.968. The maximum Gasteiger partial charge on any atom is 0.311 e. The molecular weight excluding hydrogens is 168 g/mol. The highest BCUT2D eigenvalue weighted by Crippen LogP contribution is 2.28. The molecule has 13 heavy (non-hydrogen) atoms. The number of nitrogens with zero attached hydrogens (tertiary/aromatic N) is 1. The molecule has 0 aromatic heterocycles. The van der Waals surface area contributed by atoms with E-state index in [0.717, 1.165) is 6.42 Å². The highest BCUT2D eigenvalue weighted by atomic mass is 16.2. The first kappa shape index (κ1) is 10.0. The van der Waals surface area contributed by atoms with Crippen LogP contribution in [0.3, 0.4) is 0 Å². The molecule has 0 aromatic carbocycles. The minimum absolute atomic E-state index is 0.156. The molecule has 0 radical (unpaired) electrons. The lowest BCUT2D eigenvalue weighted by Crippen LogP contribution is -2.41. The van der Waals surface area contributed by atoms with Crippen molar-refractivity contribution in [2.24, 2.45) is 5.41 Å². The molecule has 1 aliphatic rings. The summed E-state index contributed by atoms with van der Waals surface area (Å²) in [5.41, 5.74) is 0.156. The molecule has 1 saturated heterocycles. The molecule has 1 fully saturated rings. The van der Waals surface area contributed by atoms with E-state index in [-0.39, 0.29) is 5.41 Å². The Labute approximate surface area is 78.3 Å². The predicted octanol–water partition coefficient (Wildman–Crippen LogP) is -0.00910. The van der Waals surface area contributed by atoms with Crippen LogP contribution in [0.15, 0.2) is 0 Å². The number of rotatable bonds is 0. The average Bonchev–Trinajstić information content (AvgIpc) is 2.43. The molecule has 1 aliphatic heterocycles. The quantitative estimate of drug-likeness (QED) is 0.538. The van der Waals surface area contributed by atoms with Gasteiger partial charge in [-0.2, -0.15) is 0 Å². The minimum atomic E-state index is -0.516. The van der Waals surface area contributed by atoms with Crippen molar-refractivity contribution in [3.8, 4) is 0 Å². The standard InChI is InChI=1S/C9H16N2O2/c1-9(2)4-5-11(6-9)8(13)7(12)10-3/h4-6H2,1-3H3,(H,10,12). The van der Waals surface area contributed by atoms with Gasteiger partial charge in [0.2, 0.25) is 0 Å². The summed E-state index contributed by atoms with van der Waals surface area (Å²) < 4.78 is 0. The van der Waals surface area contributed by atoms with Crippen molar-refractivity contribution >= 4 is 11.8 Å². The van der Waals surface area contributed by atoms with E-state index in [2.05, 4.69) is 19.2 Å². The third-order valence-corrected chi connectivity index (χ3v) is 2.39. The van der Waals surface area contributed by atoms with Crippen molar-refractivity contribution < 1.29 is 9.59 Å². The van der Waals surface area contributed by atoms with Gasteiger partial charge in [0.15, 0.2) is 0 Å². The van der Waals surface area contributed by atoms with Gasteiger partial charge in [-0.3, -0.25) is 9.59 Å². The molecule has 0 atom stereocenters. The molecular formula is C9H16N2O2. The van der Waals surface area contributed by atoms with Gasteiger partial charge in [-0.15, -0.1) is 0 Å². The lowest BCUT2D eigenvalue weighted by atomic mass is 9.93. The largest absolute Gasteiger partial charge is 0.351 e. The van der Waals surface area contributed by atoms with E-state index in [9.17, 15) is 9.59 Å². The number of likely N-dealkylation sites (N-methyl/N-ethyl adjacent to an activating group) is 1. The molecule has 4 nitrogen and oxygen atoms in total. The van der Waals surface area contributed by atoms with Crippen molar-refractivity contribution in [1.82, 2.24) is 10.2 Å². The molecule has 0 saturated carbocycles. The first-order chi connectivity index (χ1) is 5.96. The molecule has 2 amide bonds. The summed E-state index contributed by atoms with van der Waals surface area (Å²) in [4.78, 5) is 24.0. The van der Waals surface area contributed by atoms with Crippen molar-refractivity contribution in [2.75, 3.05) is 20.1 Å². The zero-order chi connectivity index (χ0) is 10.1. The molecule has 4 heteroatoms. The second kappa shape index (κ2) is 3.36. The smallest absolute Gasteiger partial charge is 0.311 e. The number of amides is 2. The summed E-state index contributed by atoms with van der Waals surface area (Å²) in [5.74, 6) is -0.925. The summed E-state index contributed by atoms with van der Waals surface area (Å²) in [6.45, 7) is 5.58. The maximum absolute atomic E-state index is 11.4. The molecule has 0 aliphatic carbocycles. The maximum atomic E-state index is 11.4. The van der Waals surface area contributed by atoms with E-state index < -0.39 is 11.8 Å². The second-order valence-corrected chi connectivity index (χ2v) is 4.22.